The predicted molar refractivity (Wildman–Crippen MR) is 114 cm³/mol. The van der Waals surface area contributed by atoms with Crippen molar-refractivity contribution in [1.82, 2.24) is 15.5 Å². The van der Waals surface area contributed by atoms with E-state index in [4.69, 9.17) is 4.74 Å². The third kappa shape index (κ3) is 7.36. The Morgan fingerprint density at radius 3 is 2.46 bits per heavy atom. The van der Waals surface area contributed by atoms with Crippen LogP contribution < -0.4 is 10.6 Å². The van der Waals surface area contributed by atoms with Gasteiger partial charge in [-0.25, -0.2) is 4.79 Å². The summed E-state index contributed by atoms with van der Waals surface area (Å²) in [6.07, 6.45) is 0.338. The van der Waals surface area contributed by atoms with Crippen molar-refractivity contribution < 1.29 is 14.3 Å². The number of hydrogen-bond donors (Lipinski definition) is 2. The van der Waals surface area contributed by atoms with E-state index in [2.05, 4.69) is 29.4 Å². The minimum Gasteiger partial charge on any atom is -0.450 e. The summed E-state index contributed by atoms with van der Waals surface area (Å²) in [4.78, 5) is 27.2. The van der Waals surface area contributed by atoms with Crippen LogP contribution in [0.2, 0.25) is 0 Å². The minimum atomic E-state index is -0.435. The second-order valence-electron chi connectivity index (χ2n) is 7.40. The van der Waals surface area contributed by atoms with Gasteiger partial charge in [0, 0.05) is 37.2 Å². The second kappa shape index (κ2) is 12.0. The van der Waals surface area contributed by atoms with Gasteiger partial charge in [-0.05, 0) is 24.8 Å². The average Bonchev–Trinajstić information content (AvgIpc) is 2.68. The Morgan fingerprint density at radius 1 is 1.18 bits per heavy atom. The number of carbonyl (C=O) groups excluding carboxylic acids is 2. The number of carbonyl (C=O) groups is 2. The number of nitrogens with one attached hydrogen (secondary N) is 2. The molecule has 0 unspecified atom stereocenters. The van der Waals surface area contributed by atoms with Crippen molar-refractivity contribution in [2.75, 3.05) is 37.7 Å². The number of thioether (sulfide) groups is 1. The zero-order valence-corrected chi connectivity index (χ0v) is 18.0. The number of ether oxygens (including phenoxy) is 1. The van der Waals surface area contributed by atoms with Crippen LogP contribution in [0.15, 0.2) is 30.3 Å². The van der Waals surface area contributed by atoms with E-state index < -0.39 is 6.09 Å². The molecule has 0 aromatic heterocycles. The van der Waals surface area contributed by atoms with E-state index in [1.165, 1.54) is 0 Å². The van der Waals surface area contributed by atoms with E-state index in [0.717, 1.165) is 36.6 Å². The quantitative estimate of drug-likeness (QED) is 0.658. The molecule has 7 heteroatoms. The summed E-state index contributed by atoms with van der Waals surface area (Å²) in [6, 6.07) is 9.46. The van der Waals surface area contributed by atoms with Crippen LogP contribution in [0.5, 0.6) is 0 Å². The van der Waals surface area contributed by atoms with Crippen molar-refractivity contribution in [2.24, 2.45) is 5.92 Å². The fourth-order valence-corrected chi connectivity index (χ4v) is 4.35. The van der Waals surface area contributed by atoms with Crippen molar-refractivity contribution in [3.8, 4) is 0 Å². The van der Waals surface area contributed by atoms with Crippen molar-refractivity contribution >= 4 is 23.8 Å². The van der Waals surface area contributed by atoms with E-state index in [-0.39, 0.29) is 18.0 Å². The normalized spacial score (nSPS) is 17.0. The topological polar surface area (TPSA) is 70.7 Å². The molecule has 0 aliphatic carbocycles. The number of rotatable bonds is 9. The van der Waals surface area contributed by atoms with Crippen molar-refractivity contribution in [1.29, 1.82) is 0 Å². The molecule has 1 saturated heterocycles. The van der Waals surface area contributed by atoms with Gasteiger partial charge in [-0.1, -0.05) is 44.2 Å². The van der Waals surface area contributed by atoms with Gasteiger partial charge in [0.1, 0.15) is 6.04 Å². The second-order valence-corrected chi connectivity index (χ2v) is 8.62. The Balaban J connectivity index is 2.04. The number of alkyl carbamates (subject to hydrolysis) is 1. The van der Waals surface area contributed by atoms with Gasteiger partial charge in [0.05, 0.1) is 6.61 Å². The molecule has 0 spiro atoms. The van der Waals surface area contributed by atoms with Gasteiger partial charge in [-0.3, -0.25) is 9.69 Å². The lowest BCUT2D eigenvalue weighted by Crippen LogP contribution is -2.49. The molecule has 156 valence electrons. The number of nitrogens with zero attached hydrogens (tertiary/aromatic N) is 1. The lowest BCUT2D eigenvalue weighted by molar-refractivity contribution is -0.126. The van der Waals surface area contributed by atoms with Crippen LogP contribution in [0.4, 0.5) is 4.79 Å². The third-order valence-electron chi connectivity index (χ3n) is 4.65. The molecule has 1 heterocycles. The van der Waals surface area contributed by atoms with Crippen LogP contribution >= 0.6 is 11.8 Å². The molecule has 0 bridgehead atoms. The van der Waals surface area contributed by atoms with E-state index >= 15 is 0 Å². The van der Waals surface area contributed by atoms with Gasteiger partial charge < -0.3 is 15.4 Å². The van der Waals surface area contributed by atoms with E-state index in [1.54, 1.807) is 6.92 Å². The summed E-state index contributed by atoms with van der Waals surface area (Å²) in [6.45, 7) is 8.49. The van der Waals surface area contributed by atoms with E-state index in [9.17, 15) is 9.59 Å². The molecule has 2 atom stereocenters. The highest BCUT2D eigenvalue weighted by Gasteiger charge is 2.29. The monoisotopic (exact) mass is 407 g/mol. The first-order chi connectivity index (χ1) is 13.5. The summed E-state index contributed by atoms with van der Waals surface area (Å²) >= 11 is 1.92. The molecule has 1 aromatic rings. The Morgan fingerprint density at radius 2 is 1.86 bits per heavy atom. The zero-order valence-electron chi connectivity index (χ0n) is 17.1. The van der Waals surface area contributed by atoms with Crippen molar-refractivity contribution in [3.05, 3.63) is 35.9 Å². The summed E-state index contributed by atoms with van der Waals surface area (Å²) in [7, 11) is 0. The first-order valence-electron chi connectivity index (χ1n) is 10.1. The van der Waals surface area contributed by atoms with E-state index in [0.29, 0.717) is 19.1 Å². The van der Waals surface area contributed by atoms with Crippen LogP contribution in [0.3, 0.4) is 0 Å². The molecule has 28 heavy (non-hydrogen) atoms. The van der Waals surface area contributed by atoms with Crippen LogP contribution in [0.25, 0.3) is 0 Å². The molecule has 6 nitrogen and oxygen atoms in total. The van der Waals surface area contributed by atoms with Gasteiger partial charge in [0.2, 0.25) is 5.91 Å². The Bertz CT molecular complexity index is 606. The molecule has 2 N–H and O–H groups in total. The Labute approximate surface area is 172 Å². The van der Waals surface area contributed by atoms with Crippen molar-refractivity contribution in [2.45, 2.75) is 39.3 Å². The number of amides is 2. The lowest BCUT2D eigenvalue weighted by atomic mass is 10.0. The molecule has 1 aromatic carbocycles. The molecule has 0 radical (unpaired) electrons. The summed E-state index contributed by atoms with van der Waals surface area (Å²) in [5, 5.41) is 5.94. The van der Waals surface area contributed by atoms with Gasteiger partial charge in [0.25, 0.3) is 0 Å². The maximum absolute atomic E-state index is 13.1. The zero-order chi connectivity index (χ0) is 20.4. The van der Waals surface area contributed by atoms with Crippen LogP contribution in [0, 0.1) is 5.92 Å². The molecular weight excluding hydrogens is 374 g/mol. The van der Waals surface area contributed by atoms with Gasteiger partial charge in [-0.15, -0.1) is 0 Å². The smallest absolute Gasteiger partial charge is 0.407 e. The lowest BCUT2D eigenvalue weighted by Gasteiger charge is -2.34. The number of hydrogen-bond acceptors (Lipinski definition) is 5. The Hall–Kier alpha value is -1.73. The molecule has 1 aliphatic heterocycles. The summed E-state index contributed by atoms with van der Waals surface area (Å²) in [5.74, 6) is 2.46. The van der Waals surface area contributed by atoms with Crippen LogP contribution in [0.1, 0.15) is 38.8 Å². The standard InChI is InChI=1S/C21H33N3O3S/c1-4-27-21(26)23-18(14-16(2)3)15-22-20(25)19(17-8-6-5-7-9-17)24-10-12-28-13-11-24/h5-9,16,18-19H,4,10-15H2,1-3H3,(H,22,25)(H,23,26)/t18-,19+/m1/s1. The van der Waals surface area contributed by atoms with Gasteiger partial charge in [-0.2, -0.15) is 11.8 Å². The molecule has 2 amide bonds. The highest BCUT2D eigenvalue weighted by molar-refractivity contribution is 7.99. The number of benzene rings is 1. The van der Waals surface area contributed by atoms with Crippen molar-refractivity contribution in [3.63, 3.8) is 0 Å². The highest BCUT2D eigenvalue weighted by Crippen LogP contribution is 2.24. The predicted octanol–water partition coefficient (Wildman–Crippen LogP) is 3.05. The van der Waals surface area contributed by atoms with Crippen LogP contribution in [-0.4, -0.2) is 60.7 Å². The Kier molecular flexibility index (Phi) is 9.64. The maximum Gasteiger partial charge on any atom is 0.407 e. The molecule has 1 aliphatic rings. The van der Waals surface area contributed by atoms with Crippen LogP contribution in [-0.2, 0) is 9.53 Å². The summed E-state index contributed by atoms with van der Waals surface area (Å²) < 4.78 is 5.00. The first kappa shape index (κ1) is 22.6. The molecule has 2 rings (SSSR count). The van der Waals surface area contributed by atoms with Gasteiger partial charge in [0.15, 0.2) is 0 Å². The molecule has 1 fully saturated rings. The third-order valence-corrected chi connectivity index (χ3v) is 5.59. The highest BCUT2D eigenvalue weighted by atomic mass is 32.2. The SMILES string of the molecule is CCOC(=O)N[C@@H](CNC(=O)[C@H](c1ccccc1)N1CCSCC1)CC(C)C. The van der Waals surface area contributed by atoms with E-state index in [1.807, 2.05) is 42.1 Å². The maximum atomic E-state index is 13.1. The van der Waals surface area contributed by atoms with Gasteiger partial charge >= 0.3 is 6.09 Å². The largest absolute Gasteiger partial charge is 0.450 e. The minimum absolute atomic E-state index is 0.0162. The fourth-order valence-electron chi connectivity index (χ4n) is 3.42. The molecular formula is C21H33N3O3S. The fraction of sp³-hybridized carbons (Fsp3) is 0.619. The molecule has 0 saturated carbocycles. The average molecular weight is 408 g/mol. The summed E-state index contributed by atoms with van der Waals surface area (Å²) in [5.41, 5.74) is 1.01. The first-order valence-corrected chi connectivity index (χ1v) is 11.2.